The van der Waals surface area contributed by atoms with E-state index < -0.39 is 0 Å². The van der Waals surface area contributed by atoms with Crippen LogP contribution in [-0.4, -0.2) is 14.9 Å². The van der Waals surface area contributed by atoms with Gasteiger partial charge in [-0.2, -0.15) is 5.10 Å². The van der Waals surface area contributed by atoms with Crippen molar-refractivity contribution < 1.29 is 5.11 Å². The molecule has 15 heavy (non-hydrogen) atoms. The minimum Gasteiger partial charge on any atom is -0.508 e. The standard InChI is InChI=1S/C11H13N3O/c1-2-11-10(12)7-13-14(11)8-3-5-9(15)6-4-8/h3-7,15H,2,12H2,1H3. The number of phenols is 1. The highest BCUT2D eigenvalue weighted by Gasteiger charge is 2.07. The third kappa shape index (κ3) is 1.66. The fourth-order valence-electron chi connectivity index (χ4n) is 1.56. The molecule has 3 N–H and O–H groups in total. The van der Waals surface area contributed by atoms with Crippen molar-refractivity contribution in [1.82, 2.24) is 9.78 Å². The summed E-state index contributed by atoms with van der Waals surface area (Å²) < 4.78 is 1.79. The van der Waals surface area contributed by atoms with E-state index in [4.69, 9.17) is 5.73 Å². The van der Waals surface area contributed by atoms with Gasteiger partial charge in [0.25, 0.3) is 0 Å². The van der Waals surface area contributed by atoms with E-state index in [0.717, 1.165) is 17.8 Å². The molecule has 4 heteroatoms. The van der Waals surface area contributed by atoms with Crippen molar-refractivity contribution in [3.8, 4) is 11.4 Å². The SMILES string of the molecule is CCc1c(N)cnn1-c1ccc(O)cc1. The van der Waals surface area contributed by atoms with E-state index in [-0.39, 0.29) is 5.75 Å². The number of hydrogen-bond acceptors (Lipinski definition) is 3. The summed E-state index contributed by atoms with van der Waals surface area (Å²) >= 11 is 0. The summed E-state index contributed by atoms with van der Waals surface area (Å²) in [6.07, 6.45) is 2.47. The predicted octanol–water partition coefficient (Wildman–Crippen LogP) is 1.72. The average Bonchev–Trinajstić information content (AvgIpc) is 2.61. The molecular formula is C11H13N3O. The van der Waals surface area contributed by atoms with Crippen LogP contribution in [0.1, 0.15) is 12.6 Å². The van der Waals surface area contributed by atoms with E-state index in [1.165, 1.54) is 0 Å². The van der Waals surface area contributed by atoms with Gasteiger partial charge in [0.1, 0.15) is 5.75 Å². The summed E-state index contributed by atoms with van der Waals surface area (Å²) in [6, 6.07) is 6.88. The summed E-state index contributed by atoms with van der Waals surface area (Å²) in [6.45, 7) is 2.03. The fourth-order valence-corrected chi connectivity index (χ4v) is 1.56. The second-order valence-electron chi connectivity index (χ2n) is 3.33. The predicted molar refractivity (Wildman–Crippen MR) is 59.0 cm³/mol. The highest BCUT2D eigenvalue weighted by Crippen LogP contribution is 2.18. The van der Waals surface area contributed by atoms with Crippen molar-refractivity contribution in [3.63, 3.8) is 0 Å². The van der Waals surface area contributed by atoms with E-state index >= 15 is 0 Å². The second-order valence-corrected chi connectivity index (χ2v) is 3.33. The van der Waals surface area contributed by atoms with Crippen LogP contribution < -0.4 is 5.73 Å². The number of phenolic OH excluding ortho intramolecular Hbond substituents is 1. The van der Waals surface area contributed by atoms with Crippen molar-refractivity contribution in [2.24, 2.45) is 0 Å². The smallest absolute Gasteiger partial charge is 0.115 e. The molecule has 2 aromatic rings. The number of nitrogen functional groups attached to an aromatic ring is 1. The highest BCUT2D eigenvalue weighted by molar-refractivity contribution is 5.46. The molecule has 4 nitrogen and oxygen atoms in total. The van der Waals surface area contributed by atoms with Crippen LogP contribution in [0.15, 0.2) is 30.5 Å². The molecule has 2 rings (SSSR count). The van der Waals surface area contributed by atoms with Crippen molar-refractivity contribution >= 4 is 5.69 Å². The zero-order valence-electron chi connectivity index (χ0n) is 8.51. The lowest BCUT2D eigenvalue weighted by Gasteiger charge is -2.06. The quantitative estimate of drug-likeness (QED) is 0.781. The molecule has 0 bridgehead atoms. The maximum absolute atomic E-state index is 9.18. The van der Waals surface area contributed by atoms with Gasteiger partial charge in [0.15, 0.2) is 0 Å². The van der Waals surface area contributed by atoms with Gasteiger partial charge in [-0.1, -0.05) is 6.92 Å². The van der Waals surface area contributed by atoms with Crippen LogP contribution >= 0.6 is 0 Å². The molecular weight excluding hydrogens is 190 g/mol. The molecule has 78 valence electrons. The van der Waals surface area contributed by atoms with Crippen LogP contribution in [0.3, 0.4) is 0 Å². The summed E-state index contributed by atoms with van der Waals surface area (Å²) in [5.41, 5.74) is 8.38. The molecule has 0 aliphatic rings. The number of aromatic nitrogens is 2. The fraction of sp³-hybridized carbons (Fsp3) is 0.182. The van der Waals surface area contributed by atoms with Gasteiger partial charge >= 0.3 is 0 Å². The van der Waals surface area contributed by atoms with E-state index in [2.05, 4.69) is 5.10 Å². The second kappa shape index (κ2) is 3.65. The lowest BCUT2D eigenvalue weighted by atomic mass is 10.2. The largest absolute Gasteiger partial charge is 0.508 e. The first-order valence-corrected chi connectivity index (χ1v) is 4.84. The van der Waals surface area contributed by atoms with Crippen molar-refractivity contribution in [2.45, 2.75) is 13.3 Å². The van der Waals surface area contributed by atoms with Gasteiger partial charge in [-0.15, -0.1) is 0 Å². The van der Waals surface area contributed by atoms with Crippen LogP contribution in [0.4, 0.5) is 5.69 Å². The molecule has 1 heterocycles. The van der Waals surface area contributed by atoms with Gasteiger partial charge < -0.3 is 10.8 Å². The molecule has 0 unspecified atom stereocenters. The third-order valence-electron chi connectivity index (χ3n) is 2.33. The minimum atomic E-state index is 0.247. The Morgan fingerprint density at radius 3 is 2.60 bits per heavy atom. The molecule has 0 atom stereocenters. The Morgan fingerprint density at radius 2 is 2.00 bits per heavy atom. The van der Waals surface area contributed by atoms with Crippen LogP contribution in [-0.2, 0) is 6.42 Å². The zero-order chi connectivity index (χ0) is 10.8. The van der Waals surface area contributed by atoms with Crippen LogP contribution in [0, 0.1) is 0 Å². The molecule has 0 aliphatic heterocycles. The van der Waals surface area contributed by atoms with Gasteiger partial charge in [-0.05, 0) is 30.7 Å². The molecule has 0 saturated carbocycles. The normalized spacial score (nSPS) is 10.5. The van der Waals surface area contributed by atoms with Gasteiger partial charge in [-0.25, -0.2) is 4.68 Å². The monoisotopic (exact) mass is 203 g/mol. The summed E-state index contributed by atoms with van der Waals surface area (Å²) in [7, 11) is 0. The Labute approximate surface area is 88.0 Å². The van der Waals surface area contributed by atoms with Gasteiger partial charge in [0.2, 0.25) is 0 Å². The Hall–Kier alpha value is -1.97. The lowest BCUT2D eigenvalue weighted by Crippen LogP contribution is -2.02. The number of nitrogens with zero attached hydrogens (tertiary/aromatic N) is 2. The van der Waals surface area contributed by atoms with Crippen LogP contribution in [0.2, 0.25) is 0 Å². The third-order valence-corrected chi connectivity index (χ3v) is 2.33. The van der Waals surface area contributed by atoms with E-state index in [1.54, 1.807) is 35.1 Å². The first kappa shape index (κ1) is 9.58. The maximum atomic E-state index is 9.18. The topological polar surface area (TPSA) is 64.1 Å². The van der Waals surface area contributed by atoms with Crippen LogP contribution in [0.5, 0.6) is 5.75 Å². The molecule has 0 spiro atoms. The molecule has 0 amide bonds. The molecule has 0 aliphatic carbocycles. The highest BCUT2D eigenvalue weighted by atomic mass is 16.3. The molecule has 1 aromatic heterocycles. The number of hydrogen-bond donors (Lipinski definition) is 2. The van der Waals surface area contributed by atoms with E-state index in [0.29, 0.717) is 5.69 Å². The number of anilines is 1. The Bertz CT molecular complexity index is 459. The maximum Gasteiger partial charge on any atom is 0.115 e. The van der Waals surface area contributed by atoms with Gasteiger partial charge in [0, 0.05) is 0 Å². The Kier molecular flexibility index (Phi) is 2.33. The molecule has 0 saturated heterocycles. The molecule has 0 radical (unpaired) electrons. The first-order valence-electron chi connectivity index (χ1n) is 4.84. The van der Waals surface area contributed by atoms with Crippen molar-refractivity contribution in [1.29, 1.82) is 0 Å². The number of nitrogens with two attached hydrogens (primary N) is 1. The Morgan fingerprint density at radius 1 is 1.33 bits per heavy atom. The summed E-state index contributed by atoms with van der Waals surface area (Å²) in [4.78, 5) is 0. The van der Waals surface area contributed by atoms with Gasteiger partial charge in [0.05, 0.1) is 23.3 Å². The van der Waals surface area contributed by atoms with Crippen molar-refractivity contribution in [2.75, 3.05) is 5.73 Å². The Balaban J connectivity index is 2.49. The zero-order valence-corrected chi connectivity index (χ0v) is 8.51. The van der Waals surface area contributed by atoms with Gasteiger partial charge in [-0.3, -0.25) is 0 Å². The average molecular weight is 203 g/mol. The van der Waals surface area contributed by atoms with Crippen LogP contribution in [0.25, 0.3) is 5.69 Å². The van der Waals surface area contributed by atoms with E-state index in [1.807, 2.05) is 6.92 Å². The number of rotatable bonds is 2. The number of aromatic hydroxyl groups is 1. The number of benzene rings is 1. The van der Waals surface area contributed by atoms with Crippen molar-refractivity contribution in [3.05, 3.63) is 36.2 Å². The van der Waals surface area contributed by atoms with E-state index in [9.17, 15) is 5.11 Å². The summed E-state index contributed by atoms with van der Waals surface area (Å²) in [5, 5.41) is 13.4. The first-order chi connectivity index (χ1) is 7.22. The molecule has 1 aromatic carbocycles. The summed E-state index contributed by atoms with van der Waals surface area (Å²) in [5.74, 6) is 0.247. The molecule has 0 fully saturated rings. The minimum absolute atomic E-state index is 0.247. The lowest BCUT2D eigenvalue weighted by molar-refractivity contribution is 0.475.